The Hall–Kier alpha value is -2.77. The van der Waals surface area contributed by atoms with E-state index < -0.39 is 12.1 Å². The zero-order valence-electron chi connectivity index (χ0n) is 14.6. The summed E-state index contributed by atoms with van der Waals surface area (Å²) in [5.41, 5.74) is 6.56. The fraction of sp³-hybridized carbons (Fsp3) is 0.500. The van der Waals surface area contributed by atoms with E-state index in [9.17, 15) is 14.4 Å². The summed E-state index contributed by atoms with van der Waals surface area (Å²) in [5.74, 6) is -0.168. The first-order valence-electron chi connectivity index (χ1n) is 8.92. The first-order chi connectivity index (χ1) is 12.5. The van der Waals surface area contributed by atoms with Crippen molar-refractivity contribution in [2.24, 2.45) is 5.73 Å². The molecule has 2 aliphatic rings. The number of likely N-dealkylation sites (tertiary alicyclic amines) is 1. The van der Waals surface area contributed by atoms with E-state index in [0.717, 1.165) is 24.8 Å². The van der Waals surface area contributed by atoms with Crippen molar-refractivity contribution in [1.82, 2.24) is 10.2 Å². The number of rotatable bonds is 6. The third-order valence-electron chi connectivity index (χ3n) is 4.58. The van der Waals surface area contributed by atoms with E-state index in [1.807, 2.05) is 12.1 Å². The van der Waals surface area contributed by atoms with Gasteiger partial charge in [0.15, 0.2) is 0 Å². The summed E-state index contributed by atoms with van der Waals surface area (Å²) in [5, 5.41) is 5.81. The average molecular weight is 360 g/mol. The van der Waals surface area contributed by atoms with Gasteiger partial charge in [-0.2, -0.15) is 0 Å². The highest BCUT2D eigenvalue weighted by molar-refractivity contribution is 5.97. The average Bonchev–Trinajstić information content (AvgIpc) is 3.27. The van der Waals surface area contributed by atoms with Crippen LogP contribution in [0.1, 0.15) is 31.2 Å². The first kappa shape index (κ1) is 18.0. The topological polar surface area (TPSA) is 114 Å². The monoisotopic (exact) mass is 360 g/mol. The minimum Gasteiger partial charge on any atom is -0.449 e. The maximum Gasteiger partial charge on any atom is 0.404 e. The Kier molecular flexibility index (Phi) is 5.60. The number of hydrogen-bond acceptors (Lipinski definition) is 4. The van der Waals surface area contributed by atoms with Crippen molar-refractivity contribution >= 4 is 23.7 Å². The largest absolute Gasteiger partial charge is 0.449 e. The molecule has 0 unspecified atom stereocenters. The van der Waals surface area contributed by atoms with E-state index in [1.54, 1.807) is 17.0 Å². The molecule has 0 spiro atoms. The summed E-state index contributed by atoms with van der Waals surface area (Å²) in [7, 11) is 0. The molecule has 2 fully saturated rings. The maximum atomic E-state index is 12.6. The molecule has 0 aromatic heterocycles. The molecule has 1 aliphatic carbocycles. The van der Waals surface area contributed by atoms with E-state index in [1.165, 1.54) is 0 Å². The molecule has 0 radical (unpaired) electrons. The lowest BCUT2D eigenvalue weighted by molar-refractivity contribution is -0.119. The first-order valence-corrected chi connectivity index (χ1v) is 8.92. The molecule has 4 N–H and O–H groups in total. The van der Waals surface area contributed by atoms with Gasteiger partial charge in [0.1, 0.15) is 6.04 Å². The molecule has 8 heteroatoms. The number of carbonyl (C=O) groups excluding carboxylic acids is 3. The van der Waals surface area contributed by atoms with Crippen LogP contribution in [-0.2, 0) is 16.0 Å². The van der Waals surface area contributed by atoms with Crippen molar-refractivity contribution in [3.63, 3.8) is 0 Å². The van der Waals surface area contributed by atoms with Crippen molar-refractivity contribution < 1.29 is 19.1 Å². The molecule has 4 amide bonds. The number of nitrogens with zero attached hydrogens (tertiary/aromatic N) is 1. The number of benzene rings is 1. The van der Waals surface area contributed by atoms with Crippen LogP contribution in [0, 0.1) is 0 Å². The lowest BCUT2D eigenvalue weighted by Gasteiger charge is -2.24. The molecule has 1 aliphatic heterocycles. The molecule has 140 valence electrons. The predicted octanol–water partition coefficient (Wildman–Crippen LogP) is 1.60. The minimum atomic E-state index is -0.791. The van der Waals surface area contributed by atoms with Crippen LogP contribution in [0.25, 0.3) is 0 Å². The van der Waals surface area contributed by atoms with Gasteiger partial charge in [0.25, 0.3) is 0 Å². The number of hydrogen-bond donors (Lipinski definition) is 3. The van der Waals surface area contributed by atoms with E-state index >= 15 is 0 Å². The van der Waals surface area contributed by atoms with Crippen LogP contribution in [0.2, 0.25) is 0 Å². The van der Waals surface area contributed by atoms with E-state index in [2.05, 4.69) is 10.6 Å². The van der Waals surface area contributed by atoms with Crippen LogP contribution in [0.4, 0.5) is 15.3 Å². The van der Waals surface area contributed by atoms with Gasteiger partial charge in [-0.3, -0.25) is 4.79 Å². The zero-order valence-corrected chi connectivity index (χ0v) is 14.6. The number of carbonyl (C=O) groups is 3. The molecule has 1 atom stereocenters. The van der Waals surface area contributed by atoms with Gasteiger partial charge in [-0.05, 0) is 43.4 Å². The highest BCUT2D eigenvalue weighted by Gasteiger charge is 2.36. The van der Waals surface area contributed by atoms with E-state index in [-0.39, 0.29) is 24.6 Å². The SMILES string of the molecule is NC(=O)OCCc1ccc(NC(=O)[C@@H]2CCCN2C(=O)NC2CC2)cc1. The second kappa shape index (κ2) is 8.07. The third kappa shape index (κ3) is 4.87. The summed E-state index contributed by atoms with van der Waals surface area (Å²) in [6, 6.07) is 6.99. The number of primary amides is 1. The highest BCUT2D eigenvalue weighted by atomic mass is 16.5. The van der Waals surface area contributed by atoms with E-state index in [0.29, 0.717) is 25.1 Å². The summed E-state index contributed by atoms with van der Waals surface area (Å²) in [6.07, 6.45) is 3.30. The van der Waals surface area contributed by atoms with Crippen molar-refractivity contribution in [2.75, 3.05) is 18.5 Å². The quantitative estimate of drug-likeness (QED) is 0.715. The number of ether oxygens (including phenoxy) is 1. The summed E-state index contributed by atoms with van der Waals surface area (Å²) in [6.45, 7) is 0.823. The molecule has 26 heavy (non-hydrogen) atoms. The lowest BCUT2D eigenvalue weighted by atomic mass is 10.1. The fourth-order valence-corrected chi connectivity index (χ4v) is 3.02. The summed E-state index contributed by atoms with van der Waals surface area (Å²) < 4.78 is 4.70. The second-order valence-electron chi connectivity index (χ2n) is 6.68. The van der Waals surface area contributed by atoms with Gasteiger partial charge in [0.05, 0.1) is 6.61 Å². The number of anilines is 1. The molecule has 1 saturated carbocycles. The zero-order chi connectivity index (χ0) is 18.5. The Morgan fingerprint density at radius 2 is 1.88 bits per heavy atom. The molecule has 0 bridgehead atoms. The van der Waals surface area contributed by atoms with Gasteiger partial charge in [-0.1, -0.05) is 12.1 Å². The van der Waals surface area contributed by atoms with Crippen LogP contribution in [-0.4, -0.2) is 48.2 Å². The Bertz CT molecular complexity index is 672. The number of urea groups is 1. The van der Waals surface area contributed by atoms with Crippen molar-refractivity contribution in [3.05, 3.63) is 29.8 Å². The normalized spacial score (nSPS) is 19.1. The lowest BCUT2D eigenvalue weighted by Crippen LogP contribution is -2.48. The fourth-order valence-electron chi connectivity index (χ4n) is 3.02. The molecule has 1 aromatic carbocycles. The maximum absolute atomic E-state index is 12.6. The van der Waals surface area contributed by atoms with Crippen molar-refractivity contribution in [1.29, 1.82) is 0 Å². The van der Waals surface area contributed by atoms with Crippen molar-refractivity contribution in [3.8, 4) is 0 Å². The van der Waals surface area contributed by atoms with Gasteiger partial charge in [-0.25, -0.2) is 9.59 Å². The summed E-state index contributed by atoms with van der Waals surface area (Å²) >= 11 is 0. The van der Waals surface area contributed by atoms with Gasteiger partial charge in [0.2, 0.25) is 5.91 Å². The Morgan fingerprint density at radius 3 is 2.54 bits per heavy atom. The highest BCUT2D eigenvalue weighted by Crippen LogP contribution is 2.23. The molecule has 1 saturated heterocycles. The predicted molar refractivity (Wildman–Crippen MR) is 95.6 cm³/mol. The van der Waals surface area contributed by atoms with Gasteiger partial charge < -0.3 is 26.0 Å². The van der Waals surface area contributed by atoms with Gasteiger partial charge in [-0.15, -0.1) is 0 Å². The van der Waals surface area contributed by atoms with Crippen LogP contribution in [0.15, 0.2) is 24.3 Å². The molecule has 8 nitrogen and oxygen atoms in total. The van der Waals surface area contributed by atoms with Crippen LogP contribution in [0.5, 0.6) is 0 Å². The molecule has 3 rings (SSSR count). The molecular formula is C18H24N4O4. The number of nitrogens with two attached hydrogens (primary N) is 1. The van der Waals surface area contributed by atoms with Crippen LogP contribution in [0.3, 0.4) is 0 Å². The summed E-state index contributed by atoms with van der Waals surface area (Å²) in [4.78, 5) is 37.0. The van der Waals surface area contributed by atoms with Gasteiger partial charge >= 0.3 is 12.1 Å². The second-order valence-corrected chi connectivity index (χ2v) is 6.68. The smallest absolute Gasteiger partial charge is 0.404 e. The van der Waals surface area contributed by atoms with E-state index in [4.69, 9.17) is 10.5 Å². The van der Waals surface area contributed by atoms with Crippen molar-refractivity contribution in [2.45, 2.75) is 44.2 Å². The number of nitrogens with one attached hydrogen (secondary N) is 2. The molecular weight excluding hydrogens is 336 g/mol. The minimum absolute atomic E-state index is 0.144. The Balaban J connectivity index is 1.51. The Labute approximate surface area is 152 Å². The number of amides is 4. The van der Waals surface area contributed by atoms with Gasteiger partial charge in [0, 0.05) is 24.7 Å². The van der Waals surface area contributed by atoms with Crippen LogP contribution >= 0.6 is 0 Å². The third-order valence-corrected chi connectivity index (χ3v) is 4.58. The molecule has 1 aromatic rings. The molecule has 1 heterocycles. The standard InChI is InChI=1S/C18H24N4O4/c19-17(24)26-11-9-12-3-5-13(6-4-12)20-16(23)15-2-1-10-22(15)18(25)21-14-7-8-14/h3-6,14-15H,1-2,7-11H2,(H2,19,24)(H,20,23)(H,21,25)/t15-/m0/s1. The van der Waals surface area contributed by atoms with Crippen LogP contribution < -0.4 is 16.4 Å². The Morgan fingerprint density at radius 1 is 1.15 bits per heavy atom.